The van der Waals surface area contributed by atoms with Crippen molar-refractivity contribution < 1.29 is 9.53 Å². The van der Waals surface area contributed by atoms with Crippen LogP contribution in [0.3, 0.4) is 0 Å². The molecular formula is C14H27NO2. The van der Waals surface area contributed by atoms with E-state index in [-0.39, 0.29) is 5.60 Å². The fraction of sp³-hybridized carbons (Fsp3) is 0.929. The van der Waals surface area contributed by atoms with Crippen LogP contribution in [-0.2, 0) is 9.53 Å². The maximum atomic E-state index is 11.2. The van der Waals surface area contributed by atoms with E-state index in [4.69, 9.17) is 4.74 Å². The normalized spacial score (nSPS) is 22.7. The molecule has 3 heteroatoms. The molecule has 1 saturated heterocycles. The number of carbonyl (C=O) groups excluding carboxylic acids is 1. The molecule has 1 heterocycles. The SMILES string of the molecule is CC(=O)CC1CCCCN1CCOC(C)(C)C. The maximum Gasteiger partial charge on any atom is 0.131 e. The van der Waals surface area contributed by atoms with Crippen molar-refractivity contribution in [2.45, 2.75) is 65.0 Å². The fourth-order valence-electron chi connectivity index (χ4n) is 2.39. The Bertz CT molecular complexity index is 245. The van der Waals surface area contributed by atoms with Crippen molar-refractivity contribution in [2.75, 3.05) is 19.7 Å². The largest absolute Gasteiger partial charge is 0.375 e. The summed E-state index contributed by atoms with van der Waals surface area (Å²) in [6.45, 7) is 10.8. The van der Waals surface area contributed by atoms with Crippen LogP contribution in [0.2, 0.25) is 0 Å². The number of ketones is 1. The molecule has 1 fully saturated rings. The van der Waals surface area contributed by atoms with Gasteiger partial charge in [0.05, 0.1) is 12.2 Å². The zero-order valence-electron chi connectivity index (χ0n) is 11.8. The molecule has 17 heavy (non-hydrogen) atoms. The van der Waals surface area contributed by atoms with Crippen molar-refractivity contribution >= 4 is 5.78 Å². The zero-order valence-corrected chi connectivity index (χ0v) is 11.8. The molecule has 0 amide bonds. The second-order valence-corrected chi connectivity index (χ2v) is 6.05. The van der Waals surface area contributed by atoms with Gasteiger partial charge < -0.3 is 4.74 Å². The lowest BCUT2D eigenvalue weighted by molar-refractivity contribution is -0.118. The van der Waals surface area contributed by atoms with E-state index >= 15 is 0 Å². The summed E-state index contributed by atoms with van der Waals surface area (Å²) in [6, 6.07) is 0.449. The van der Waals surface area contributed by atoms with E-state index in [1.54, 1.807) is 6.92 Å². The van der Waals surface area contributed by atoms with Gasteiger partial charge in [0.1, 0.15) is 5.78 Å². The number of piperidine rings is 1. The van der Waals surface area contributed by atoms with Gasteiger partial charge in [-0.15, -0.1) is 0 Å². The molecule has 3 nitrogen and oxygen atoms in total. The van der Waals surface area contributed by atoms with Crippen LogP contribution in [0.15, 0.2) is 0 Å². The zero-order chi connectivity index (χ0) is 12.9. The first kappa shape index (κ1) is 14.7. The van der Waals surface area contributed by atoms with E-state index < -0.39 is 0 Å². The smallest absolute Gasteiger partial charge is 0.131 e. The number of hydrogen-bond acceptors (Lipinski definition) is 3. The Kier molecular flexibility index (Phi) is 5.60. The third-order valence-corrected chi connectivity index (χ3v) is 3.19. The molecule has 0 bridgehead atoms. The third kappa shape index (κ3) is 6.18. The second kappa shape index (κ2) is 6.50. The van der Waals surface area contributed by atoms with Crippen molar-refractivity contribution in [3.8, 4) is 0 Å². The average Bonchev–Trinajstić information content (AvgIpc) is 2.18. The Morgan fingerprint density at radius 3 is 2.65 bits per heavy atom. The molecule has 0 aromatic rings. The van der Waals surface area contributed by atoms with Gasteiger partial charge in [0.25, 0.3) is 0 Å². The minimum absolute atomic E-state index is 0.0636. The molecule has 1 unspecified atom stereocenters. The Morgan fingerprint density at radius 1 is 1.35 bits per heavy atom. The van der Waals surface area contributed by atoms with Gasteiger partial charge >= 0.3 is 0 Å². The average molecular weight is 241 g/mol. The second-order valence-electron chi connectivity index (χ2n) is 6.05. The minimum atomic E-state index is -0.0636. The van der Waals surface area contributed by atoms with E-state index in [0.29, 0.717) is 18.2 Å². The molecule has 1 rings (SSSR count). The van der Waals surface area contributed by atoms with Crippen LogP contribution in [0.4, 0.5) is 0 Å². The summed E-state index contributed by atoms with van der Waals surface area (Å²) >= 11 is 0. The summed E-state index contributed by atoms with van der Waals surface area (Å²) in [7, 11) is 0. The van der Waals surface area contributed by atoms with E-state index in [9.17, 15) is 4.79 Å². The molecule has 100 valence electrons. The maximum absolute atomic E-state index is 11.2. The standard InChI is InChI=1S/C14H27NO2/c1-12(16)11-13-7-5-6-8-15(13)9-10-17-14(2,3)4/h13H,5-11H2,1-4H3. The minimum Gasteiger partial charge on any atom is -0.375 e. The number of likely N-dealkylation sites (tertiary alicyclic amines) is 1. The van der Waals surface area contributed by atoms with Gasteiger partial charge in [0, 0.05) is 19.0 Å². The Balaban J connectivity index is 2.35. The Morgan fingerprint density at radius 2 is 2.06 bits per heavy atom. The summed E-state index contributed by atoms with van der Waals surface area (Å²) in [5.41, 5.74) is -0.0636. The highest BCUT2D eigenvalue weighted by Crippen LogP contribution is 2.20. The van der Waals surface area contributed by atoms with Crippen LogP contribution in [0.5, 0.6) is 0 Å². The first-order chi connectivity index (χ1) is 7.88. The van der Waals surface area contributed by atoms with Gasteiger partial charge in [-0.3, -0.25) is 9.69 Å². The molecule has 0 aliphatic carbocycles. The lowest BCUT2D eigenvalue weighted by Gasteiger charge is -2.35. The predicted molar refractivity (Wildman–Crippen MR) is 70.2 cm³/mol. The van der Waals surface area contributed by atoms with E-state index in [2.05, 4.69) is 25.7 Å². The lowest BCUT2D eigenvalue weighted by Crippen LogP contribution is -2.43. The van der Waals surface area contributed by atoms with Crippen LogP contribution in [0.25, 0.3) is 0 Å². The molecule has 1 aliphatic heterocycles. The first-order valence-corrected chi connectivity index (χ1v) is 6.76. The lowest BCUT2D eigenvalue weighted by atomic mass is 9.98. The summed E-state index contributed by atoms with van der Waals surface area (Å²) in [4.78, 5) is 13.7. The van der Waals surface area contributed by atoms with Gasteiger partial charge in [-0.05, 0) is 47.1 Å². The third-order valence-electron chi connectivity index (χ3n) is 3.19. The van der Waals surface area contributed by atoms with Crippen molar-refractivity contribution in [1.82, 2.24) is 4.90 Å². The fourth-order valence-corrected chi connectivity index (χ4v) is 2.39. The number of hydrogen-bond donors (Lipinski definition) is 0. The van der Waals surface area contributed by atoms with E-state index in [1.807, 2.05) is 0 Å². The summed E-state index contributed by atoms with van der Waals surface area (Å²) in [6.07, 6.45) is 4.38. The number of ether oxygens (including phenoxy) is 1. The molecule has 1 aliphatic rings. The van der Waals surface area contributed by atoms with Gasteiger partial charge in [-0.2, -0.15) is 0 Å². The molecule has 0 radical (unpaired) electrons. The molecular weight excluding hydrogens is 214 g/mol. The monoisotopic (exact) mass is 241 g/mol. The van der Waals surface area contributed by atoms with Gasteiger partial charge in [0.15, 0.2) is 0 Å². The Labute approximate surface area is 106 Å². The summed E-state index contributed by atoms with van der Waals surface area (Å²) in [5.74, 6) is 0.304. The predicted octanol–water partition coefficient (Wildman–Crippen LogP) is 2.64. The van der Waals surface area contributed by atoms with Crippen LogP contribution < -0.4 is 0 Å². The molecule has 0 aromatic carbocycles. The number of rotatable bonds is 5. The quantitative estimate of drug-likeness (QED) is 0.741. The van der Waals surface area contributed by atoms with Gasteiger partial charge in [-0.25, -0.2) is 0 Å². The van der Waals surface area contributed by atoms with E-state index in [0.717, 1.165) is 26.1 Å². The Hall–Kier alpha value is -0.410. The highest BCUT2D eigenvalue weighted by molar-refractivity contribution is 5.76. The highest BCUT2D eigenvalue weighted by Gasteiger charge is 2.23. The van der Waals surface area contributed by atoms with Gasteiger partial charge in [-0.1, -0.05) is 6.42 Å². The number of carbonyl (C=O) groups is 1. The van der Waals surface area contributed by atoms with Crippen molar-refractivity contribution in [3.05, 3.63) is 0 Å². The van der Waals surface area contributed by atoms with E-state index in [1.165, 1.54) is 12.8 Å². The van der Waals surface area contributed by atoms with Crippen LogP contribution in [0.1, 0.15) is 53.4 Å². The summed E-state index contributed by atoms with van der Waals surface area (Å²) in [5, 5.41) is 0. The molecule has 0 aromatic heterocycles. The highest BCUT2D eigenvalue weighted by atomic mass is 16.5. The summed E-state index contributed by atoms with van der Waals surface area (Å²) < 4.78 is 5.76. The molecule has 1 atom stereocenters. The van der Waals surface area contributed by atoms with Crippen LogP contribution in [0, 0.1) is 0 Å². The number of Topliss-reactive ketones (excluding diaryl/α,β-unsaturated/α-hetero) is 1. The van der Waals surface area contributed by atoms with Crippen molar-refractivity contribution in [3.63, 3.8) is 0 Å². The van der Waals surface area contributed by atoms with Crippen molar-refractivity contribution in [2.24, 2.45) is 0 Å². The topological polar surface area (TPSA) is 29.5 Å². The van der Waals surface area contributed by atoms with Gasteiger partial charge in [0.2, 0.25) is 0 Å². The van der Waals surface area contributed by atoms with Crippen molar-refractivity contribution in [1.29, 1.82) is 0 Å². The number of nitrogens with zero attached hydrogens (tertiary/aromatic N) is 1. The molecule has 0 N–H and O–H groups in total. The first-order valence-electron chi connectivity index (χ1n) is 6.76. The molecule has 0 saturated carbocycles. The molecule has 0 spiro atoms. The van der Waals surface area contributed by atoms with Crippen LogP contribution in [-0.4, -0.2) is 42.0 Å². The van der Waals surface area contributed by atoms with Crippen LogP contribution >= 0.6 is 0 Å².